The zero-order valence-corrected chi connectivity index (χ0v) is 14.5. The predicted octanol–water partition coefficient (Wildman–Crippen LogP) is 5.32. The highest BCUT2D eigenvalue weighted by molar-refractivity contribution is 5.99. The van der Waals surface area contributed by atoms with Crippen molar-refractivity contribution in [2.45, 2.75) is 19.8 Å². The number of fused-ring (bicyclic) bond motifs is 1. The van der Waals surface area contributed by atoms with Crippen molar-refractivity contribution in [1.82, 2.24) is 9.97 Å². The number of allylic oxidation sites excluding steroid dienone is 2. The summed E-state index contributed by atoms with van der Waals surface area (Å²) in [6.07, 6.45) is 8.28. The van der Waals surface area contributed by atoms with Crippen molar-refractivity contribution in [2.75, 3.05) is 7.11 Å². The third-order valence-electron chi connectivity index (χ3n) is 4.37. The molecule has 0 aliphatic carbocycles. The molecule has 0 amide bonds. The Labute approximate surface area is 146 Å². The van der Waals surface area contributed by atoms with Crippen molar-refractivity contribution < 1.29 is 4.74 Å². The average molecular weight is 331 g/mol. The third-order valence-corrected chi connectivity index (χ3v) is 4.37. The Hall–Kier alpha value is -3.01. The largest absolute Gasteiger partial charge is 0.494 e. The van der Waals surface area contributed by atoms with Gasteiger partial charge >= 0.3 is 0 Å². The molecule has 0 bridgehead atoms. The molecule has 0 fully saturated rings. The summed E-state index contributed by atoms with van der Waals surface area (Å²) in [6, 6.07) is 12.4. The van der Waals surface area contributed by atoms with Gasteiger partial charge in [-0.2, -0.15) is 0 Å². The molecule has 0 atom stereocenters. The van der Waals surface area contributed by atoms with Gasteiger partial charge in [-0.25, -0.2) is 0 Å². The lowest BCUT2D eigenvalue weighted by Crippen LogP contribution is -1.87. The number of hydrogen-bond donors (Lipinski definition) is 2. The third kappa shape index (κ3) is 3.03. The summed E-state index contributed by atoms with van der Waals surface area (Å²) in [5.74, 6) is 0.814. The molecular formula is C21H21N3O. The lowest BCUT2D eigenvalue weighted by molar-refractivity contribution is 0.414. The van der Waals surface area contributed by atoms with Crippen LogP contribution in [0.3, 0.4) is 0 Å². The summed E-state index contributed by atoms with van der Waals surface area (Å²) in [5.41, 5.74) is 6.18. The smallest absolute Gasteiger partial charge is 0.144 e. The topological polar surface area (TPSA) is 53.2 Å². The number of benzene rings is 1. The number of aromatic nitrogens is 2. The Morgan fingerprint density at radius 3 is 2.72 bits per heavy atom. The first kappa shape index (κ1) is 15.5. The van der Waals surface area contributed by atoms with Crippen LogP contribution in [0.4, 0.5) is 0 Å². The van der Waals surface area contributed by atoms with E-state index in [4.69, 9.17) is 4.74 Å². The summed E-state index contributed by atoms with van der Waals surface area (Å²) in [6.45, 7) is 2.17. The van der Waals surface area contributed by atoms with Gasteiger partial charge in [-0.05, 0) is 36.8 Å². The van der Waals surface area contributed by atoms with Crippen LogP contribution in [0, 0.1) is 0 Å². The van der Waals surface area contributed by atoms with E-state index in [9.17, 15) is 0 Å². The van der Waals surface area contributed by atoms with E-state index in [-0.39, 0.29) is 0 Å². The second kappa shape index (κ2) is 6.48. The number of aliphatic imine (C=N–C) groups is 1. The Balaban J connectivity index is 1.70. The van der Waals surface area contributed by atoms with Gasteiger partial charge in [0.1, 0.15) is 5.75 Å². The number of aromatic amines is 2. The second-order valence-corrected chi connectivity index (χ2v) is 6.19. The van der Waals surface area contributed by atoms with Gasteiger partial charge in [0.15, 0.2) is 0 Å². The quantitative estimate of drug-likeness (QED) is 0.653. The molecule has 126 valence electrons. The molecule has 2 aromatic heterocycles. The first-order valence-corrected chi connectivity index (χ1v) is 8.59. The Morgan fingerprint density at radius 1 is 1.08 bits per heavy atom. The van der Waals surface area contributed by atoms with Crippen LogP contribution in [0.5, 0.6) is 5.75 Å². The highest BCUT2D eigenvalue weighted by Gasteiger charge is 2.12. The summed E-state index contributed by atoms with van der Waals surface area (Å²) >= 11 is 0. The fourth-order valence-electron chi connectivity index (χ4n) is 3.14. The summed E-state index contributed by atoms with van der Waals surface area (Å²) < 4.78 is 5.54. The van der Waals surface area contributed by atoms with Crippen LogP contribution in [0.2, 0.25) is 0 Å². The number of nitrogens with one attached hydrogen (secondary N) is 2. The molecule has 0 saturated heterocycles. The van der Waals surface area contributed by atoms with E-state index in [0.29, 0.717) is 0 Å². The van der Waals surface area contributed by atoms with E-state index in [1.807, 2.05) is 30.4 Å². The minimum absolute atomic E-state index is 0.814. The standard InChI is InChI=1S/C21H21N3O/c1-3-6-15-9-10-16(22-15)12-20-21(25-2)13-19(24-20)18-11-14-7-4-5-8-17(14)23-18/h4-5,7-13,23-24H,3,6H2,1-2H3/b16-12+. The fourth-order valence-corrected chi connectivity index (χ4v) is 3.14. The lowest BCUT2D eigenvalue weighted by Gasteiger charge is -1.97. The number of H-pyrrole nitrogens is 2. The molecule has 0 spiro atoms. The summed E-state index contributed by atoms with van der Waals surface area (Å²) in [4.78, 5) is 11.5. The van der Waals surface area contributed by atoms with E-state index in [1.54, 1.807) is 7.11 Å². The van der Waals surface area contributed by atoms with Gasteiger partial charge < -0.3 is 14.7 Å². The Kier molecular flexibility index (Phi) is 4.02. The molecule has 3 aromatic rings. The molecule has 0 unspecified atom stereocenters. The van der Waals surface area contributed by atoms with Crippen molar-refractivity contribution in [3.05, 3.63) is 59.9 Å². The normalized spacial score (nSPS) is 15.3. The molecule has 1 aliphatic rings. The van der Waals surface area contributed by atoms with Crippen LogP contribution in [-0.4, -0.2) is 22.8 Å². The number of methoxy groups -OCH3 is 1. The van der Waals surface area contributed by atoms with E-state index >= 15 is 0 Å². The zero-order chi connectivity index (χ0) is 17.2. The SMILES string of the molecule is CCCC1=N/C(=C/c2[nH]c(-c3cc4ccccc4[nH]3)cc2OC)C=C1. The maximum Gasteiger partial charge on any atom is 0.144 e. The van der Waals surface area contributed by atoms with Crippen LogP contribution < -0.4 is 4.74 Å². The van der Waals surface area contributed by atoms with Gasteiger partial charge in [-0.15, -0.1) is 0 Å². The van der Waals surface area contributed by atoms with Crippen LogP contribution >= 0.6 is 0 Å². The molecule has 0 radical (unpaired) electrons. The molecule has 0 saturated carbocycles. The number of para-hydroxylation sites is 1. The summed E-state index contributed by atoms with van der Waals surface area (Å²) in [7, 11) is 1.69. The molecule has 1 aromatic carbocycles. The number of rotatable bonds is 5. The van der Waals surface area contributed by atoms with Crippen LogP contribution in [0.25, 0.3) is 28.4 Å². The molecule has 2 N–H and O–H groups in total. The van der Waals surface area contributed by atoms with Gasteiger partial charge in [-0.3, -0.25) is 4.99 Å². The Bertz CT molecular complexity index is 968. The number of ether oxygens (including phenoxy) is 1. The molecule has 3 heterocycles. The zero-order valence-electron chi connectivity index (χ0n) is 14.5. The molecule has 1 aliphatic heterocycles. The van der Waals surface area contributed by atoms with E-state index in [2.05, 4.69) is 46.2 Å². The average Bonchev–Trinajstić information content (AvgIpc) is 3.33. The van der Waals surface area contributed by atoms with Crippen molar-refractivity contribution in [1.29, 1.82) is 0 Å². The minimum atomic E-state index is 0.814. The highest BCUT2D eigenvalue weighted by atomic mass is 16.5. The monoisotopic (exact) mass is 331 g/mol. The van der Waals surface area contributed by atoms with Crippen molar-refractivity contribution in [2.24, 2.45) is 4.99 Å². The van der Waals surface area contributed by atoms with Crippen molar-refractivity contribution >= 4 is 22.7 Å². The maximum absolute atomic E-state index is 5.54. The van der Waals surface area contributed by atoms with E-state index < -0.39 is 0 Å². The first-order valence-electron chi connectivity index (χ1n) is 8.59. The molecule has 4 rings (SSSR count). The highest BCUT2D eigenvalue weighted by Crippen LogP contribution is 2.31. The van der Waals surface area contributed by atoms with Gasteiger partial charge in [0.05, 0.1) is 29.9 Å². The number of nitrogens with zero attached hydrogens (tertiary/aromatic N) is 1. The molecular weight excluding hydrogens is 310 g/mol. The second-order valence-electron chi connectivity index (χ2n) is 6.19. The molecule has 25 heavy (non-hydrogen) atoms. The van der Waals surface area contributed by atoms with E-state index in [1.165, 1.54) is 5.39 Å². The van der Waals surface area contributed by atoms with Crippen LogP contribution in [0.15, 0.2) is 59.2 Å². The summed E-state index contributed by atoms with van der Waals surface area (Å²) in [5, 5.41) is 1.19. The van der Waals surface area contributed by atoms with Crippen LogP contribution in [0.1, 0.15) is 25.5 Å². The van der Waals surface area contributed by atoms with Gasteiger partial charge in [0, 0.05) is 22.7 Å². The fraction of sp³-hybridized carbons (Fsp3) is 0.190. The minimum Gasteiger partial charge on any atom is -0.494 e. The van der Waals surface area contributed by atoms with Crippen LogP contribution in [-0.2, 0) is 0 Å². The van der Waals surface area contributed by atoms with E-state index in [0.717, 1.165) is 52.6 Å². The Morgan fingerprint density at radius 2 is 1.92 bits per heavy atom. The van der Waals surface area contributed by atoms with Gasteiger partial charge in [-0.1, -0.05) is 31.5 Å². The maximum atomic E-state index is 5.54. The van der Waals surface area contributed by atoms with Gasteiger partial charge in [0.25, 0.3) is 0 Å². The number of hydrogen-bond acceptors (Lipinski definition) is 2. The van der Waals surface area contributed by atoms with Crippen molar-refractivity contribution in [3.8, 4) is 17.1 Å². The lowest BCUT2D eigenvalue weighted by atomic mass is 10.2. The van der Waals surface area contributed by atoms with Crippen molar-refractivity contribution in [3.63, 3.8) is 0 Å². The predicted molar refractivity (Wildman–Crippen MR) is 104 cm³/mol. The van der Waals surface area contributed by atoms with Gasteiger partial charge in [0.2, 0.25) is 0 Å². The first-order chi connectivity index (χ1) is 12.3. The molecule has 4 nitrogen and oxygen atoms in total. The molecule has 4 heteroatoms.